The molecule has 3 aromatic rings. The summed E-state index contributed by atoms with van der Waals surface area (Å²) in [5, 5.41) is 2.23. The van der Waals surface area contributed by atoms with Crippen molar-refractivity contribution in [2.75, 3.05) is 0 Å². The second-order valence-electron chi connectivity index (χ2n) is 6.79. The van der Waals surface area contributed by atoms with Gasteiger partial charge in [-0.05, 0) is 55.8 Å². The Morgan fingerprint density at radius 2 is 1.79 bits per heavy atom. The van der Waals surface area contributed by atoms with Crippen molar-refractivity contribution in [1.29, 1.82) is 0 Å². The van der Waals surface area contributed by atoms with Crippen molar-refractivity contribution in [3.05, 3.63) is 83.1 Å². The van der Waals surface area contributed by atoms with Crippen LogP contribution in [0, 0.1) is 13.8 Å². The van der Waals surface area contributed by atoms with Crippen molar-refractivity contribution in [2.45, 2.75) is 20.4 Å². The highest BCUT2D eigenvalue weighted by Gasteiger charge is 2.36. The number of barbiturate groups is 1. The lowest BCUT2D eigenvalue weighted by Crippen LogP contribution is -2.53. The second-order valence-corrected chi connectivity index (χ2v) is 6.79. The Kier molecular flexibility index (Phi) is 4.64. The Labute approximate surface area is 167 Å². The Morgan fingerprint density at radius 1 is 1.03 bits per heavy atom. The number of aromatic nitrogens is 1. The number of carbonyl (C=O) groups excluding carboxylic acids is 3. The van der Waals surface area contributed by atoms with Gasteiger partial charge in [0.1, 0.15) is 11.3 Å². The van der Waals surface area contributed by atoms with Crippen LogP contribution in [0.1, 0.15) is 22.7 Å². The number of para-hydroxylation sites is 1. The molecule has 4 amide bonds. The summed E-state index contributed by atoms with van der Waals surface area (Å²) >= 11 is 0. The summed E-state index contributed by atoms with van der Waals surface area (Å²) in [4.78, 5) is 38.4. The summed E-state index contributed by atoms with van der Waals surface area (Å²) in [6.45, 7) is 3.83. The lowest BCUT2D eigenvalue weighted by atomic mass is 10.1. The molecule has 3 heterocycles. The zero-order valence-electron chi connectivity index (χ0n) is 16.0. The van der Waals surface area contributed by atoms with E-state index in [9.17, 15) is 14.4 Å². The molecular formula is C22H19N3O4. The molecule has 1 aromatic carbocycles. The minimum Gasteiger partial charge on any atom is -0.467 e. The van der Waals surface area contributed by atoms with Crippen molar-refractivity contribution in [3.8, 4) is 5.69 Å². The van der Waals surface area contributed by atoms with Gasteiger partial charge < -0.3 is 8.98 Å². The number of furan rings is 1. The van der Waals surface area contributed by atoms with Crippen LogP contribution in [0.3, 0.4) is 0 Å². The number of nitrogens with one attached hydrogen (secondary N) is 1. The van der Waals surface area contributed by atoms with Crippen molar-refractivity contribution in [1.82, 2.24) is 14.8 Å². The van der Waals surface area contributed by atoms with Crippen LogP contribution < -0.4 is 5.32 Å². The van der Waals surface area contributed by atoms with E-state index in [1.165, 1.54) is 12.3 Å². The molecule has 1 N–H and O–H groups in total. The summed E-state index contributed by atoms with van der Waals surface area (Å²) in [5.41, 5.74) is 3.48. The molecule has 4 rings (SSSR count). The number of carbonyl (C=O) groups is 3. The average Bonchev–Trinajstić information content (AvgIpc) is 3.30. The maximum Gasteiger partial charge on any atom is 0.331 e. The normalized spacial score (nSPS) is 15.9. The number of hydrogen-bond donors (Lipinski definition) is 1. The lowest BCUT2D eigenvalue weighted by Gasteiger charge is -2.25. The van der Waals surface area contributed by atoms with Crippen LogP contribution >= 0.6 is 0 Å². The van der Waals surface area contributed by atoms with Crippen LogP contribution in [0.25, 0.3) is 11.8 Å². The first-order valence-corrected chi connectivity index (χ1v) is 9.11. The maximum absolute atomic E-state index is 12.9. The predicted octanol–water partition coefficient (Wildman–Crippen LogP) is 3.35. The first kappa shape index (κ1) is 18.5. The van der Waals surface area contributed by atoms with Crippen molar-refractivity contribution in [2.24, 2.45) is 0 Å². The Balaban J connectivity index is 1.71. The van der Waals surface area contributed by atoms with E-state index in [0.29, 0.717) is 5.76 Å². The largest absolute Gasteiger partial charge is 0.467 e. The number of benzene rings is 1. The zero-order chi connectivity index (χ0) is 20.5. The van der Waals surface area contributed by atoms with E-state index >= 15 is 0 Å². The molecule has 0 atom stereocenters. The number of nitrogens with zero attached hydrogens (tertiary/aromatic N) is 2. The van der Waals surface area contributed by atoms with Gasteiger partial charge in [0.2, 0.25) is 0 Å². The molecule has 0 aliphatic carbocycles. The molecule has 146 valence electrons. The van der Waals surface area contributed by atoms with E-state index in [1.54, 1.807) is 12.1 Å². The van der Waals surface area contributed by atoms with Gasteiger partial charge in [-0.1, -0.05) is 18.2 Å². The van der Waals surface area contributed by atoms with Crippen molar-refractivity contribution in [3.63, 3.8) is 0 Å². The third-order valence-corrected chi connectivity index (χ3v) is 4.86. The number of urea groups is 1. The van der Waals surface area contributed by atoms with Gasteiger partial charge in [-0.2, -0.15) is 0 Å². The van der Waals surface area contributed by atoms with Gasteiger partial charge >= 0.3 is 6.03 Å². The van der Waals surface area contributed by atoms with Crippen LogP contribution in [-0.2, 0) is 16.1 Å². The Morgan fingerprint density at radius 3 is 2.48 bits per heavy atom. The van der Waals surface area contributed by atoms with Gasteiger partial charge in [0.15, 0.2) is 0 Å². The SMILES string of the molecule is Cc1cc(C=C2C(=O)NC(=O)N(Cc3ccco3)C2=O)c(C)n1-c1ccccc1. The fourth-order valence-corrected chi connectivity index (χ4v) is 3.46. The number of hydrogen-bond acceptors (Lipinski definition) is 4. The highest BCUT2D eigenvalue weighted by molar-refractivity contribution is 6.31. The van der Waals surface area contributed by atoms with E-state index in [-0.39, 0.29) is 12.1 Å². The first-order valence-electron chi connectivity index (χ1n) is 9.11. The minimum atomic E-state index is -0.761. The maximum atomic E-state index is 12.9. The molecule has 1 saturated heterocycles. The molecule has 0 bridgehead atoms. The molecule has 7 nitrogen and oxygen atoms in total. The molecule has 0 saturated carbocycles. The molecule has 1 aliphatic rings. The van der Waals surface area contributed by atoms with Crippen LogP contribution in [0.15, 0.2) is 64.8 Å². The van der Waals surface area contributed by atoms with E-state index in [2.05, 4.69) is 5.32 Å². The molecule has 1 fully saturated rings. The molecule has 0 spiro atoms. The van der Waals surface area contributed by atoms with Gasteiger partial charge in [0.25, 0.3) is 11.8 Å². The van der Waals surface area contributed by atoms with Gasteiger partial charge in [-0.25, -0.2) is 4.79 Å². The highest BCUT2D eigenvalue weighted by atomic mass is 16.3. The minimum absolute atomic E-state index is 0.0503. The van der Waals surface area contributed by atoms with E-state index in [0.717, 1.165) is 27.5 Å². The van der Waals surface area contributed by atoms with Crippen molar-refractivity contribution < 1.29 is 18.8 Å². The van der Waals surface area contributed by atoms with Gasteiger partial charge in [-0.15, -0.1) is 0 Å². The highest BCUT2D eigenvalue weighted by Crippen LogP contribution is 2.24. The number of imide groups is 2. The number of aryl methyl sites for hydroxylation is 1. The predicted molar refractivity (Wildman–Crippen MR) is 106 cm³/mol. The topological polar surface area (TPSA) is 84.6 Å². The molecule has 1 aliphatic heterocycles. The molecular weight excluding hydrogens is 370 g/mol. The van der Waals surface area contributed by atoms with E-state index in [4.69, 9.17) is 4.42 Å². The fourth-order valence-electron chi connectivity index (χ4n) is 3.46. The van der Waals surface area contributed by atoms with Gasteiger partial charge in [-0.3, -0.25) is 19.8 Å². The molecule has 7 heteroatoms. The lowest BCUT2D eigenvalue weighted by molar-refractivity contribution is -0.130. The summed E-state index contributed by atoms with van der Waals surface area (Å²) < 4.78 is 7.26. The second kappa shape index (κ2) is 7.27. The Hall–Kier alpha value is -3.87. The fraction of sp³-hybridized carbons (Fsp3) is 0.136. The van der Waals surface area contributed by atoms with E-state index < -0.39 is 17.8 Å². The molecule has 0 radical (unpaired) electrons. The summed E-state index contributed by atoms with van der Waals surface area (Å²) in [6, 6.07) is 14.3. The average molecular weight is 389 g/mol. The standard InChI is InChI=1S/C22H19N3O4/c1-14-11-16(15(2)25(14)17-7-4-3-5-8-17)12-19-20(26)23-22(28)24(21(19)27)13-18-9-6-10-29-18/h3-12H,13H2,1-2H3,(H,23,26,28). The molecule has 0 unspecified atom stereocenters. The quantitative estimate of drug-likeness (QED) is 0.548. The third-order valence-electron chi connectivity index (χ3n) is 4.86. The van der Waals surface area contributed by atoms with Gasteiger partial charge in [0.05, 0.1) is 12.8 Å². The number of amides is 4. The summed E-state index contributed by atoms with van der Waals surface area (Å²) in [6.07, 6.45) is 2.99. The Bertz CT molecular complexity index is 1120. The smallest absolute Gasteiger partial charge is 0.331 e. The monoisotopic (exact) mass is 389 g/mol. The van der Waals surface area contributed by atoms with Crippen LogP contribution in [0.4, 0.5) is 4.79 Å². The summed E-state index contributed by atoms with van der Waals surface area (Å²) in [7, 11) is 0. The van der Waals surface area contributed by atoms with Crippen LogP contribution in [0.5, 0.6) is 0 Å². The van der Waals surface area contributed by atoms with Gasteiger partial charge in [0, 0.05) is 17.1 Å². The van der Waals surface area contributed by atoms with E-state index in [1.807, 2.05) is 54.8 Å². The first-order chi connectivity index (χ1) is 14.0. The van der Waals surface area contributed by atoms with Crippen LogP contribution in [0.2, 0.25) is 0 Å². The molecule has 29 heavy (non-hydrogen) atoms. The zero-order valence-corrected chi connectivity index (χ0v) is 16.0. The van der Waals surface area contributed by atoms with Crippen LogP contribution in [-0.4, -0.2) is 27.3 Å². The third kappa shape index (κ3) is 3.38. The number of rotatable bonds is 4. The van der Waals surface area contributed by atoms with Crippen molar-refractivity contribution >= 4 is 23.9 Å². The molecule has 2 aromatic heterocycles. The summed E-state index contributed by atoms with van der Waals surface area (Å²) in [5.74, 6) is -0.913.